The van der Waals surface area contributed by atoms with Crippen LogP contribution >= 0.6 is 23.6 Å². The van der Waals surface area contributed by atoms with Crippen LogP contribution in [0, 0.1) is 0 Å². The van der Waals surface area contributed by atoms with Crippen LogP contribution in [0.3, 0.4) is 0 Å². The molecule has 2 aromatic rings. The molecule has 0 saturated carbocycles. The van der Waals surface area contributed by atoms with Crippen LogP contribution in [-0.2, 0) is 0 Å². The number of fused-ring (bicyclic) bond motifs is 1. The molecule has 0 atom stereocenters. The molecule has 1 aromatic carbocycles. The molecule has 0 bridgehead atoms. The number of thiocarbonyl (C=S) groups is 1. The average molecular weight is 177 g/mol. The minimum absolute atomic E-state index is 1.04. The lowest BCUT2D eigenvalue weighted by Gasteiger charge is -1.82. The first-order valence-electron chi connectivity index (χ1n) is 3.27. The van der Waals surface area contributed by atoms with Gasteiger partial charge in [-0.15, -0.1) is 11.3 Å². The van der Waals surface area contributed by atoms with Crippen LogP contribution in [0.2, 0.25) is 0 Å². The van der Waals surface area contributed by atoms with Crippen LogP contribution in [0.15, 0.2) is 30.3 Å². The number of rotatable bonds is 1. The first-order valence-corrected chi connectivity index (χ1v) is 4.49. The SMILES string of the molecule is S=[C]c1cc2ccccc2s1. The molecule has 0 aliphatic carbocycles. The zero-order chi connectivity index (χ0) is 7.68. The molecule has 0 N–H and O–H groups in total. The maximum atomic E-state index is 4.72. The van der Waals surface area contributed by atoms with E-state index in [9.17, 15) is 0 Å². The van der Waals surface area contributed by atoms with Crippen molar-refractivity contribution in [2.45, 2.75) is 0 Å². The van der Waals surface area contributed by atoms with E-state index >= 15 is 0 Å². The largest absolute Gasteiger partial charge is 0.134 e. The first kappa shape index (κ1) is 6.95. The normalized spacial score (nSPS) is 10.2. The zero-order valence-corrected chi connectivity index (χ0v) is 7.34. The molecule has 1 radical (unpaired) electrons. The Morgan fingerprint density at radius 1 is 1.27 bits per heavy atom. The van der Waals surface area contributed by atoms with Crippen LogP contribution < -0.4 is 0 Å². The van der Waals surface area contributed by atoms with Gasteiger partial charge < -0.3 is 0 Å². The molecular formula is C9H5S2. The van der Waals surface area contributed by atoms with Gasteiger partial charge in [-0.2, -0.15) is 0 Å². The van der Waals surface area contributed by atoms with E-state index in [1.807, 2.05) is 12.1 Å². The van der Waals surface area contributed by atoms with E-state index in [1.165, 1.54) is 10.1 Å². The van der Waals surface area contributed by atoms with E-state index in [4.69, 9.17) is 12.2 Å². The topological polar surface area (TPSA) is 0 Å². The predicted molar refractivity (Wildman–Crippen MR) is 53.5 cm³/mol. The van der Waals surface area contributed by atoms with Crippen molar-refractivity contribution >= 4 is 39.0 Å². The second-order valence-electron chi connectivity index (χ2n) is 2.25. The van der Waals surface area contributed by atoms with Gasteiger partial charge in [-0.1, -0.05) is 30.4 Å². The number of hydrogen-bond acceptors (Lipinski definition) is 2. The highest BCUT2D eigenvalue weighted by Crippen LogP contribution is 2.23. The van der Waals surface area contributed by atoms with E-state index < -0.39 is 0 Å². The number of thiophene rings is 1. The molecule has 0 aliphatic heterocycles. The summed E-state index contributed by atoms with van der Waals surface area (Å²) in [6.45, 7) is 0. The van der Waals surface area contributed by atoms with Gasteiger partial charge in [0.25, 0.3) is 0 Å². The fourth-order valence-corrected chi connectivity index (χ4v) is 2.07. The van der Waals surface area contributed by atoms with Crippen LogP contribution in [0.5, 0.6) is 0 Å². The lowest BCUT2D eigenvalue weighted by Crippen LogP contribution is -1.60. The molecule has 0 amide bonds. The van der Waals surface area contributed by atoms with Gasteiger partial charge in [0.1, 0.15) is 0 Å². The summed E-state index contributed by atoms with van der Waals surface area (Å²) >= 11 is 6.40. The van der Waals surface area contributed by atoms with Crippen molar-refractivity contribution in [3.63, 3.8) is 0 Å². The molecule has 0 fully saturated rings. The molecule has 11 heavy (non-hydrogen) atoms. The molecule has 0 nitrogen and oxygen atoms in total. The monoisotopic (exact) mass is 177 g/mol. The predicted octanol–water partition coefficient (Wildman–Crippen LogP) is 3.13. The Labute approximate surface area is 74.5 Å². The maximum Gasteiger partial charge on any atom is 0.0744 e. The molecule has 1 heterocycles. The highest BCUT2D eigenvalue weighted by atomic mass is 32.1. The number of benzene rings is 1. The Hall–Kier alpha value is -0.730. The van der Waals surface area contributed by atoms with E-state index in [1.54, 1.807) is 11.3 Å². The Morgan fingerprint density at radius 3 is 2.82 bits per heavy atom. The van der Waals surface area contributed by atoms with E-state index in [-0.39, 0.29) is 0 Å². The van der Waals surface area contributed by atoms with Crippen molar-refractivity contribution in [2.75, 3.05) is 0 Å². The minimum atomic E-state index is 1.04. The molecule has 1 aromatic heterocycles. The Bertz CT molecular complexity index is 354. The maximum absolute atomic E-state index is 4.72. The fraction of sp³-hybridized carbons (Fsp3) is 0. The molecule has 2 heteroatoms. The zero-order valence-electron chi connectivity index (χ0n) is 5.70. The van der Waals surface area contributed by atoms with Crippen LogP contribution in [0.25, 0.3) is 10.1 Å². The second kappa shape index (κ2) is 2.72. The van der Waals surface area contributed by atoms with E-state index in [2.05, 4.69) is 23.6 Å². The third kappa shape index (κ3) is 1.19. The summed E-state index contributed by atoms with van der Waals surface area (Å²) in [5.41, 5.74) is 0. The van der Waals surface area contributed by atoms with Crippen molar-refractivity contribution in [1.29, 1.82) is 0 Å². The van der Waals surface area contributed by atoms with Crippen molar-refractivity contribution < 1.29 is 0 Å². The quantitative estimate of drug-likeness (QED) is 0.603. The molecular weight excluding hydrogens is 172 g/mol. The third-order valence-corrected chi connectivity index (χ3v) is 2.91. The van der Waals surface area contributed by atoms with Crippen LogP contribution in [0.1, 0.15) is 4.88 Å². The minimum Gasteiger partial charge on any atom is -0.134 e. The van der Waals surface area contributed by atoms with Crippen molar-refractivity contribution in [2.24, 2.45) is 0 Å². The molecule has 53 valence electrons. The third-order valence-electron chi connectivity index (χ3n) is 1.53. The van der Waals surface area contributed by atoms with Gasteiger partial charge in [-0.25, -0.2) is 0 Å². The van der Waals surface area contributed by atoms with E-state index in [0.717, 1.165) is 4.88 Å². The summed E-state index contributed by atoms with van der Waals surface area (Å²) in [7, 11) is 0. The van der Waals surface area contributed by atoms with Gasteiger partial charge in [0.2, 0.25) is 0 Å². The van der Waals surface area contributed by atoms with Crippen molar-refractivity contribution in [3.05, 3.63) is 35.2 Å². The van der Waals surface area contributed by atoms with Crippen molar-refractivity contribution in [3.8, 4) is 0 Å². The van der Waals surface area contributed by atoms with Gasteiger partial charge in [0.15, 0.2) is 0 Å². The van der Waals surface area contributed by atoms with Gasteiger partial charge in [-0.3, -0.25) is 0 Å². The van der Waals surface area contributed by atoms with Gasteiger partial charge in [0.05, 0.1) is 5.37 Å². The van der Waals surface area contributed by atoms with Crippen molar-refractivity contribution in [1.82, 2.24) is 0 Å². The molecule has 2 rings (SSSR count). The number of hydrogen-bond donors (Lipinski definition) is 0. The highest BCUT2D eigenvalue weighted by molar-refractivity contribution is 7.79. The molecule has 0 spiro atoms. The van der Waals surface area contributed by atoms with Gasteiger partial charge >= 0.3 is 0 Å². The van der Waals surface area contributed by atoms with Crippen LogP contribution in [-0.4, -0.2) is 5.37 Å². The summed E-state index contributed by atoms with van der Waals surface area (Å²) in [4.78, 5) is 1.04. The first-order chi connectivity index (χ1) is 5.40. The summed E-state index contributed by atoms with van der Waals surface area (Å²) in [5, 5.41) is 3.97. The molecule has 0 aliphatic rings. The van der Waals surface area contributed by atoms with Gasteiger partial charge in [0, 0.05) is 9.58 Å². The summed E-state index contributed by atoms with van der Waals surface area (Å²) in [5.74, 6) is 0. The highest BCUT2D eigenvalue weighted by Gasteiger charge is 1.96. The molecule has 0 unspecified atom stereocenters. The smallest absolute Gasteiger partial charge is 0.0744 e. The summed E-state index contributed by atoms with van der Waals surface area (Å²) < 4.78 is 1.28. The fourth-order valence-electron chi connectivity index (χ4n) is 1.03. The summed E-state index contributed by atoms with van der Waals surface area (Å²) in [6.07, 6.45) is 0. The van der Waals surface area contributed by atoms with Crippen LogP contribution in [0.4, 0.5) is 0 Å². The lowest BCUT2D eigenvalue weighted by molar-refractivity contribution is 1.85. The Kier molecular flexibility index (Phi) is 1.72. The lowest BCUT2D eigenvalue weighted by atomic mass is 10.2. The Balaban J connectivity index is 2.78. The standard InChI is InChI=1S/C9H5S2/c10-6-8-5-7-3-1-2-4-9(7)11-8/h1-5H. The average Bonchev–Trinajstić information content (AvgIpc) is 2.46. The van der Waals surface area contributed by atoms with E-state index in [0.29, 0.717) is 0 Å². The Morgan fingerprint density at radius 2 is 2.09 bits per heavy atom. The molecule has 0 saturated heterocycles. The second-order valence-corrected chi connectivity index (χ2v) is 3.54. The summed E-state index contributed by atoms with van der Waals surface area (Å²) in [6, 6.07) is 10.3. The van der Waals surface area contributed by atoms with Gasteiger partial charge in [-0.05, 0) is 17.5 Å².